The molecular weight excluding hydrogens is 481 g/mol. The van der Waals surface area contributed by atoms with Gasteiger partial charge < -0.3 is 23.7 Å². The Bertz CT molecular complexity index is 1110. The molecule has 0 radical (unpaired) electrons. The van der Waals surface area contributed by atoms with Gasteiger partial charge in [0.05, 0.1) is 38.9 Å². The molecule has 2 N–H and O–H groups in total. The van der Waals surface area contributed by atoms with Gasteiger partial charge in [-0.05, 0) is 36.4 Å². The van der Waals surface area contributed by atoms with Crippen molar-refractivity contribution in [2.24, 2.45) is 0 Å². The van der Waals surface area contributed by atoms with Crippen molar-refractivity contribution < 1.29 is 57.6 Å². The van der Waals surface area contributed by atoms with Crippen LogP contribution in [0.5, 0.6) is 11.5 Å². The zero-order valence-electron chi connectivity index (χ0n) is 17.8. The van der Waals surface area contributed by atoms with Gasteiger partial charge in [0.25, 0.3) is 0 Å². The highest BCUT2D eigenvalue weighted by Gasteiger charge is 2.12. The molecule has 0 spiro atoms. The van der Waals surface area contributed by atoms with Crippen LogP contribution < -0.4 is 38.5 Å². The maximum Gasteiger partial charge on any atom is 0.213 e. The zero-order valence-corrected chi connectivity index (χ0v) is 19.4. The van der Waals surface area contributed by atoms with Crippen molar-refractivity contribution in [2.75, 3.05) is 40.6 Å². The Morgan fingerprint density at radius 3 is 2.30 bits per heavy atom. The lowest BCUT2D eigenvalue weighted by atomic mass is 10.1. The number of aliphatic hydroxyl groups is 1. The molecule has 0 aliphatic carbocycles. The number of ether oxygens (including phenoxy) is 3. The highest BCUT2D eigenvalue weighted by molar-refractivity contribution is 6.31. The van der Waals surface area contributed by atoms with Crippen LogP contribution in [-0.2, 0) is 4.74 Å². The van der Waals surface area contributed by atoms with Gasteiger partial charge in [-0.3, -0.25) is 0 Å². The normalized spacial score (nSPS) is 11.8. The van der Waals surface area contributed by atoms with Gasteiger partial charge in [-0.2, -0.15) is 0 Å². The Kier molecular flexibility index (Phi) is 10.4. The average molecular weight is 504 g/mol. The molecule has 10 nitrogen and oxygen atoms in total. The van der Waals surface area contributed by atoms with E-state index in [0.29, 0.717) is 47.6 Å². The minimum Gasteiger partial charge on any atom is -0.493 e. The summed E-state index contributed by atoms with van der Waals surface area (Å²) in [4.78, 5) is 3.35. The first kappa shape index (κ1) is 26.8. The van der Waals surface area contributed by atoms with Crippen molar-refractivity contribution in [1.29, 1.82) is 0 Å². The Morgan fingerprint density at radius 1 is 0.970 bits per heavy atom. The quantitative estimate of drug-likeness (QED) is 0.304. The molecule has 33 heavy (non-hydrogen) atoms. The number of hydrogen-bond acceptors (Lipinski definition) is 9. The van der Waals surface area contributed by atoms with E-state index in [1.807, 2.05) is 36.4 Å². The van der Waals surface area contributed by atoms with Crippen LogP contribution in [0.2, 0.25) is 5.02 Å². The molecule has 0 amide bonds. The maximum absolute atomic E-state index is 8.81. The van der Waals surface area contributed by atoms with Gasteiger partial charge in [-0.15, -0.1) is 10.2 Å². The zero-order chi connectivity index (χ0) is 24.4. The summed E-state index contributed by atoms with van der Waals surface area (Å²) in [5.41, 5.74) is 1.56. The molecule has 12 heteroatoms. The van der Waals surface area contributed by atoms with Gasteiger partial charge in [-0.1, -0.05) is 11.6 Å². The molecule has 1 heterocycles. The van der Waals surface area contributed by atoms with Crippen molar-refractivity contribution in [2.45, 2.75) is 0 Å². The number of halogens is 2. The van der Waals surface area contributed by atoms with Crippen molar-refractivity contribution in [3.63, 3.8) is 0 Å². The molecule has 0 fully saturated rings. The molecule has 1 aromatic heterocycles. The molecule has 0 saturated carbocycles. The third-order valence-corrected chi connectivity index (χ3v) is 4.43. The van der Waals surface area contributed by atoms with Gasteiger partial charge in [0.2, 0.25) is 5.36 Å². The van der Waals surface area contributed by atoms with Crippen LogP contribution in [0.25, 0.3) is 22.3 Å². The molecule has 0 aliphatic heterocycles. The molecule has 3 aromatic rings. The summed E-state index contributed by atoms with van der Waals surface area (Å²) in [5.74, 6) is 1.95. The number of rotatable bonds is 8. The second-order valence-corrected chi connectivity index (χ2v) is 7.57. The molecule has 0 unspecified atom stereocenters. The largest absolute Gasteiger partial charge is 0.493 e. The van der Waals surface area contributed by atoms with Crippen molar-refractivity contribution in [3.05, 3.63) is 52.8 Å². The van der Waals surface area contributed by atoms with E-state index < -0.39 is 10.2 Å². The van der Waals surface area contributed by atoms with Crippen molar-refractivity contribution >= 4 is 22.6 Å². The van der Waals surface area contributed by atoms with Crippen LogP contribution in [0.15, 0.2) is 46.9 Å². The predicted octanol–water partition coefficient (Wildman–Crippen LogP) is -3.00. The van der Waals surface area contributed by atoms with Gasteiger partial charge >= 0.3 is 0 Å². The Labute approximate surface area is 196 Å². The number of benzene rings is 2. The van der Waals surface area contributed by atoms with Crippen LogP contribution in [0.1, 0.15) is 0 Å². The number of nitrogens with one attached hydrogen (secondary N) is 1. The number of aliphatic hydroxyl groups excluding tert-OH is 1. The van der Waals surface area contributed by atoms with Crippen LogP contribution in [0.3, 0.4) is 0 Å². The number of hydrogen-bond donors (Lipinski definition) is 2. The summed E-state index contributed by atoms with van der Waals surface area (Å²) in [7, 11) is -1.75. The summed E-state index contributed by atoms with van der Waals surface area (Å²) in [6, 6.07) is 13.0. The maximum atomic E-state index is 8.81. The molecule has 0 bridgehead atoms. The molecule has 0 saturated heterocycles. The summed E-state index contributed by atoms with van der Waals surface area (Å²) >= 11 is 6.17. The summed E-state index contributed by atoms with van der Waals surface area (Å²) in [5, 5.41) is 11.2. The minimum atomic E-state index is -4.94. The topological polar surface area (TPSA) is 167 Å². The highest BCUT2D eigenvalue weighted by Crippen LogP contribution is 2.32. The first-order valence-corrected chi connectivity index (χ1v) is 11.1. The van der Waals surface area contributed by atoms with E-state index >= 15 is 0 Å². The third-order valence-electron chi connectivity index (χ3n) is 4.19. The second-order valence-electron chi connectivity index (χ2n) is 6.38. The molecule has 0 atom stereocenters. The smallest absolute Gasteiger partial charge is 0.213 e. The van der Waals surface area contributed by atoms with Gasteiger partial charge in [0.1, 0.15) is 18.0 Å². The lowest BCUT2D eigenvalue weighted by molar-refractivity contribution is -2.00. The fourth-order valence-corrected chi connectivity index (χ4v) is 3.03. The lowest BCUT2D eigenvalue weighted by Gasteiger charge is -2.17. The Morgan fingerprint density at radius 2 is 1.67 bits per heavy atom. The van der Waals surface area contributed by atoms with E-state index in [1.54, 1.807) is 20.3 Å². The Balaban J connectivity index is 0.000000696. The van der Waals surface area contributed by atoms with E-state index in [4.69, 9.17) is 54.0 Å². The fraction of sp³-hybridized carbons (Fsp3) is 0.286. The SMILES string of the molecule is COc1ccc(-c2cc(=[NH+]CCOCCO)c3cc(Cl)ccc3o2)cc1OC.[O-][Cl+3]([O-])([O-])[O-]. The molecule has 2 aromatic carbocycles. The van der Waals surface area contributed by atoms with E-state index in [0.717, 1.165) is 16.3 Å². The number of methoxy groups -OCH3 is 2. The van der Waals surface area contributed by atoms with E-state index in [2.05, 4.69) is 4.99 Å². The van der Waals surface area contributed by atoms with Crippen molar-refractivity contribution in [3.8, 4) is 22.8 Å². The summed E-state index contributed by atoms with van der Waals surface area (Å²) in [6.45, 7) is 1.37. The molecular formula is C21H23Cl2NO9. The van der Waals surface area contributed by atoms with E-state index in [1.165, 1.54) is 0 Å². The lowest BCUT2D eigenvalue weighted by Crippen LogP contribution is -2.77. The molecule has 0 aliphatic rings. The third kappa shape index (κ3) is 8.80. The number of fused-ring (bicyclic) bond motifs is 1. The summed E-state index contributed by atoms with van der Waals surface area (Å²) < 4.78 is 56.1. The predicted molar refractivity (Wildman–Crippen MR) is 107 cm³/mol. The van der Waals surface area contributed by atoms with Crippen LogP contribution in [0.4, 0.5) is 0 Å². The van der Waals surface area contributed by atoms with Gasteiger partial charge in [0, 0.05) is 10.6 Å². The fourth-order valence-electron chi connectivity index (χ4n) is 2.86. The average Bonchev–Trinajstić information content (AvgIpc) is 2.77. The first-order chi connectivity index (χ1) is 15.7. The van der Waals surface area contributed by atoms with Crippen LogP contribution >= 0.6 is 11.6 Å². The highest BCUT2D eigenvalue weighted by atomic mass is 35.7. The molecule has 180 valence electrons. The first-order valence-electron chi connectivity index (χ1n) is 9.49. The second kappa shape index (κ2) is 12.7. The van der Waals surface area contributed by atoms with E-state index in [9.17, 15) is 0 Å². The van der Waals surface area contributed by atoms with Crippen LogP contribution in [-0.4, -0.2) is 45.7 Å². The molecule has 3 rings (SSSR count). The van der Waals surface area contributed by atoms with Gasteiger partial charge in [-0.25, -0.2) is 23.6 Å². The van der Waals surface area contributed by atoms with Crippen LogP contribution in [0, 0.1) is 10.2 Å². The summed E-state index contributed by atoms with van der Waals surface area (Å²) in [6.07, 6.45) is 0. The van der Waals surface area contributed by atoms with E-state index in [-0.39, 0.29) is 6.61 Å². The Hall–Kier alpha value is -2.41. The van der Waals surface area contributed by atoms with Gasteiger partial charge in [0.15, 0.2) is 18.0 Å². The monoisotopic (exact) mass is 503 g/mol. The van der Waals surface area contributed by atoms with Crippen molar-refractivity contribution in [1.82, 2.24) is 0 Å². The standard InChI is InChI=1S/C21H22ClNO5.ClHO4/c1-25-19-5-3-14(11-21(19)26-2)20-13-17(23-7-9-27-10-8-24)16-12-15(22)4-6-18(16)28-20;2-1(3,4)5/h3-6,11-13,24H,7-10H2,1-2H3;(H,2,3,4,5). The minimum absolute atomic E-state index is 0.00616.